The highest BCUT2D eigenvalue weighted by Crippen LogP contribution is 2.17. The molecule has 1 amide bonds. The minimum Gasteiger partial charge on any atom is -0.333 e. The Kier molecular flexibility index (Phi) is 3.42. The summed E-state index contributed by atoms with van der Waals surface area (Å²) in [4.78, 5) is 14.1. The van der Waals surface area contributed by atoms with Gasteiger partial charge in [0.15, 0.2) is 5.82 Å². The molecule has 6 heteroatoms. The molecule has 2 N–H and O–H groups in total. The summed E-state index contributed by atoms with van der Waals surface area (Å²) >= 11 is 0. The maximum absolute atomic E-state index is 12.3. The molecule has 0 aromatic carbocycles. The number of aromatic nitrogens is 3. The summed E-state index contributed by atoms with van der Waals surface area (Å²) in [6.07, 6.45) is 1.71. The van der Waals surface area contributed by atoms with Crippen LogP contribution in [0, 0.1) is 11.8 Å². The van der Waals surface area contributed by atoms with Gasteiger partial charge in [0.1, 0.15) is 6.33 Å². The summed E-state index contributed by atoms with van der Waals surface area (Å²) in [5.41, 5.74) is 5.68. The van der Waals surface area contributed by atoms with E-state index in [0.29, 0.717) is 19.6 Å². The van der Waals surface area contributed by atoms with Crippen molar-refractivity contribution in [3.63, 3.8) is 0 Å². The van der Waals surface area contributed by atoms with E-state index >= 15 is 0 Å². The van der Waals surface area contributed by atoms with Gasteiger partial charge in [-0.15, -0.1) is 10.2 Å². The number of hydrogen-bond acceptors (Lipinski definition) is 4. The Bertz CT molecular complexity index is 400. The van der Waals surface area contributed by atoms with Crippen LogP contribution in [0.5, 0.6) is 0 Å². The lowest BCUT2D eigenvalue weighted by Crippen LogP contribution is -2.44. The number of hydrogen-bond donors (Lipinski definition) is 1. The van der Waals surface area contributed by atoms with Crippen LogP contribution >= 0.6 is 0 Å². The highest BCUT2D eigenvalue weighted by Gasteiger charge is 2.28. The molecule has 0 spiro atoms. The monoisotopic (exact) mass is 237 g/mol. The van der Waals surface area contributed by atoms with Crippen molar-refractivity contribution in [2.24, 2.45) is 17.6 Å². The molecule has 0 saturated heterocycles. The molecule has 0 fully saturated rings. The van der Waals surface area contributed by atoms with E-state index in [1.807, 2.05) is 23.3 Å². The van der Waals surface area contributed by atoms with Crippen LogP contribution in [0.4, 0.5) is 0 Å². The van der Waals surface area contributed by atoms with Crippen LogP contribution in [0.1, 0.15) is 19.7 Å². The first kappa shape index (κ1) is 12.0. The molecule has 0 aliphatic carbocycles. The molecule has 2 rings (SSSR count). The lowest BCUT2D eigenvalue weighted by atomic mass is 9.94. The molecule has 1 unspecified atom stereocenters. The molecule has 1 aliphatic heterocycles. The smallest absolute Gasteiger partial charge is 0.227 e. The van der Waals surface area contributed by atoms with E-state index in [1.54, 1.807) is 6.33 Å². The quantitative estimate of drug-likeness (QED) is 0.793. The van der Waals surface area contributed by atoms with Gasteiger partial charge in [0.25, 0.3) is 0 Å². The predicted molar refractivity (Wildman–Crippen MR) is 62.8 cm³/mol. The predicted octanol–water partition coefficient (Wildman–Crippen LogP) is -0.149. The third-order valence-electron chi connectivity index (χ3n) is 3.33. The van der Waals surface area contributed by atoms with Crippen LogP contribution in [0.3, 0.4) is 0 Å². The molecular weight excluding hydrogens is 218 g/mol. The van der Waals surface area contributed by atoms with Crippen molar-refractivity contribution in [2.75, 3.05) is 13.1 Å². The van der Waals surface area contributed by atoms with Crippen LogP contribution in [-0.2, 0) is 17.9 Å². The molecule has 1 atom stereocenters. The van der Waals surface area contributed by atoms with Crippen molar-refractivity contribution in [1.29, 1.82) is 0 Å². The molecule has 0 saturated carbocycles. The summed E-state index contributed by atoms with van der Waals surface area (Å²) in [6.45, 7) is 6.49. The lowest BCUT2D eigenvalue weighted by Gasteiger charge is -2.31. The van der Waals surface area contributed by atoms with Crippen molar-refractivity contribution in [2.45, 2.75) is 26.9 Å². The van der Waals surface area contributed by atoms with Gasteiger partial charge in [0, 0.05) is 19.6 Å². The average Bonchev–Trinajstić information content (AvgIpc) is 2.75. The molecule has 94 valence electrons. The fourth-order valence-electron chi connectivity index (χ4n) is 2.15. The summed E-state index contributed by atoms with van der Waals surface area (Å²) in [6, 6.07) is 0. The molecule has 1 aromatic heterocycles. The first-order valence-corrected chi connectivity index (χ1v) is 5.99. The zero-order chi connectivity index (χ0) is 12.4. The molecular formula is C11H19N5O. The van der Waals surface area contributed by atoms with E-state index in [2.05, 4.69) is 10.2 Å². The van der Waals surface area contributed by atoms with E-state index in [4.69, 9.17) is 5.73 Å². The molecule has 0 radical (unpaired) electrons. The number of rotatable bonds is 3. The van der Waals surface area contributed by atoms with E-state index < -0.39 is 0 Å². The second-order valence-corrected chi connectivity index (χ2v) is 4.79. The average molecular weight is 237 g/mol. The summed E-state index contributed by atoms with van der Waals surface area (Å²) in [5.74, 6) is 1.16. The fraction of sp³-hybridized carbons (Fsp3) is 0.727. The highest BCUT2D eigenvalue weighted by molar-refractivity contribution is 5.79. The summed E-state index contributed by atoms with van der Waals surface area (Å²) in [5, 5.41) is 7.86. The van der Waals surface area contributed by atoms with Crippen LogP contribution in [0.2, 0.25) is 0 Å². The van der Waals surface area contributed by atoms with Gasteiger partial charge in [-0.05, 0) is 5.92 Å². The Morgan fingerprint density at radius 1 is 1.53 bits per heavy atom. The number of fused-ring (bicyclic) bond motifs is 1. The van der Waals surface area contributed by atoms with E-state index in [9.17, 15) is 4.79 Å². The lowest BCUT2D eigenvalue weighted by molar-refractivity contribution is -0.138. The zero-order valence-corrected chi connectivity index (χ0v) is 10.3. The maximum atomic E-state index is 12.3. The normalized spacial score (nSPS) is 17.1. The molecule has 1 aliphatic rings. The topological polar surface area (TPSA) is 77.0 Å². The van der Waals surface area contributed by atoms with Gasteiger partial charge in [0.2, 0.25) is 5.91 Å². The van der Waals surface area contributed by atoms with Crippen LogP contribution in [0.25, 0.3) is 0 Å². The number of carbonyl (C=O) groups is 1. The highest BCUT2D eigenvalue weighted by atomic mass is 16.2. The van der Waals surface area contributed by atoms with Crippen molar-refractivity contribution < 1.29 is 4.79 Å². The Morgan fingerprint density at radius 3 is 2.94 bits per heavy atom. The Labute approximate surface area is 101 Å². The van der Waals surface area contributed by atoms with Gasteiger partial charge in [-0.3, -0.25) is 4.79 Å². The molecule has 2 heterocycles. The Hall–Kier alpha value is -1.43. The standard InChI is InChI=1S/C11H19N5O/c1-8(2)9(5-12)11(17)15-3-4-16-7-13-14-10(16)6-15/h7-9H,3-6,12H2,1-2H3. The van der Waals surface area contributed by atoms with Crippen LogP contribution < -0.4 is 5.73 Å². The van der Waals surface area contributed by atoms with Gasteiger partial charge in [0.05, 0.1) is 12.5 Å². The Morgan fingerprint density at radius 2 is 2.29 bits per heavy atom. The molecule has 17 heavy (non-hydrogen) atoms. The van der Waals surface area contributed by atoms with Crippen molar-refractivity contribution in [3.8, 4) is 0 Å². The van der Waals surface area contributed by atoms with E-state index in [1.165, 1.54) is 0 Å². The number of nitrogens with two attached hydrogens (primary N) is 1. The molecule has 6 nitrogen and oxygen atoms in total. The third-order valence-corrected chi connectivity index (χ3v) is 3.33. The van der Waals surface area contributed by atoms with Gasteiger partial charge in [-0.1, -0.05) is 13.8 Å². The van der Waals surface area contributed by atoms with Gasteiger partial charge in [-0.2, -0.15) is 0 Å². The largest absolute Gasteiger partial charge is 0.333 e. The number of carbonyl (C=O) groups excluding carboxylic acids is 1. The van der Waals surface area contributed by atoms with Gasteiger partial charge in [-0.25, -0.2) is 0 Å². The number of amides is 1. The van der Waals surface area contributed by atoms with Crippen molar-refractivity contribution in [1.82, 2.24) is 19.7 Å². The Balaban J connectivity index is 2.07. The zero-order valence-electron chi connectivity index (χ0n) is 10.3. The van der Waals surface area contributed by atoms with E-state index in [0.717, 1.165) is 12.4 Å². The van der Waals surface area contributed by atoms with Gasteiger partial charge < -0.3 is 15.2 Å². The minimum absolute atomic E-state index is 0.0931. The van der Waals surface area contributed by atoms with Crippen LogP contribution in [0.15, 0.2) is 6.33 Å². The van der Waals surface area contributed by atoms with Crippen molar-refractivity contribution >= 4 is 5.91 Å². The minimum atomic E-state index is -0.0931. The first-order chi connectivity index (χ1) is 8.13. The fourth-order valence-corrected chi connectivity index (χ4v) is 2.15. The SMILES string of the molecule is CC(C)C(CN)C(=O)N1CCn2cnnc2C1. The van der Waals surface area contributed by atoms with Gasteiger partial charge >= 0.3 is 0 Å². The molecule has 0 bridgehead atoms. The van der Waals surface area contributed by atoms with Crippen LogP contribution in [-0.4, -0.2) is 38.7 Å². The molecule has 1 aromatic rings. The first-order valence-electron chi connectivity index (χ1n) is 5.99. The van der Waals surface area contributed by atoms with E-state index in [-0.39, 0.29) is 17.7 Å². The second kappa shape index (κ2) is 4.83. The van der Waals surface area contributed by atoms with Crippen molar-refractivity contribution in [3.05, 3.63) is 12.2 Å². The maximum Gasteiger partial charge on any atom is 0.227 e. The second-order valence-electron chi connectivity index (χ2n) is 4.79. The third kappa shape index (κ3) is 2.31. The number of nitrogens with zero attached hydrogens (tertiary/aromatic N) is 4. The summed E-state index contributed by atoms with van der Waals surface area (Å²) in [7, 11) is 0. The summed E-state index contributed by atoms with van der Waals surface area (Å²) < 4.78 is 1.98.